The van der Waals surface area contributed by atoms with Crippen LogP contribution >= 0.6 is 15.9 Å². The van der Waals surface area contributed by atoms with E-state index in [1.54, 1.807) is 0 Å². The number of aromatic nitrogens is 2. The minimum atomic E-state index is 0.817. The Bertz CT molecular complexity index is 546. The van der Waals surface area contributed by atoms with E-state index in [0.29, 0.717) is 0 Å². The SMILES string of the molecule is CCc1nn(C)cc1NCc1ccc(C)c(Br)c1. The predicted octanol–water partition coefficient (Wildman–Crippen LogP) is 3.67. The van der Waals surface area contributed by atoms with Gasteiger partial charge in [0.05, 0.1) is 11.4 Å². The van der Waals surface area contributed by atoms with Crippen LogP contribution in [-0.2, 0) is 20.0 Å². The zero-order valence-electron chi connectivity index (χ0n) is 11.0. The maximum atomic E-state index is 4.42. The van der Waals surface area contributed by atoms with Crippen LogP contribution in [0, 0.1) is 6.92 Å². The molecule has 0 radical (unpaired) electrons. The molecule has 0 aliphatic rings. The van der Waals surface area contributed by atoms with Gasteiger partial charge in [-0.25, -0.2) is 0 Å². The van der Waals surface area contributed by atoms with Gasteiger partial charge in [-0.2, -0.15) is 5.10 Å². The Morgan fingerprint density at radius 2 is 2.17 bits per heavy atom. The Kier molecular flexibility index (Phi) is 4.07. The number of nitrogens with one attached hydrogen (secondary N) is 1. The van der Waals surface area contributed by atoms with Gasteiger partial charge in [0.25, 0.3) is 0 Å². The zero-order chi connectivity index (χ0) is 13.1. The number of halogens is 1. The van der Waals surface area contributed by atoms with Crippen LogP contribution < -0.4 is 5.32 Å². The molecule has 3 nitrogen and oxygen atoms in total. The molecule has 96 valence electrons. The molecule has 0 bridgehead atoms. The summed E-state index contributed by atoms with van der Waals surface area (Å²) in [6.45, 7) is 5.03. The van der Waals surface area contributed by atoms with Gasteiger partial charge in [-0.1, -0.05) is 35.0 Å². The molecule has 1 aromatic carbocycles. The van der Waals surface area contributed by atoms with E-state index in [-0.39, 0.29) is 0 Å². The summed E-state index contributed by atoms with van der Waals surface area (Å²) in [6.07, 6.45) is 2.98. The van der Waals surface area contributed by atoms with E-state index in [4.69, 9.17) is 0 Å². The van der Waals surface area contributed by atoms with Crippen molar-refractivity contribution in [3.05, 3.63) is 45.7 Å². The number of hydrogen-bond acceptors (Lipinski definition) is 2. The average Bonchev–Trinajstić information content (AvgIpc) is 2.71. The molecule has 0 aliphatic carbocycles. The second kappa shape index (κ2) is 5.57. The van der Waals surface area contributed by atoms with Gasteiger partial charge in [-0.05, 0) is 30.5 Å². The summed E-state index contributed by atoms with van der Waals surface area (Å²) in [5.74, 6) is 0. The van der Waals surface area contributed by atoms with E-state index < -0.39 is 0 Å². The molecule has 0 spiro atoms. The fourth-order valence-electron chi connectivity index (χ4n) is 1.89. The lowest BCUT2D eigenvalue weighted by Crippen LogP contribution is -2.01. The van der Waals surface area contributed by atoms with Gasteiger partial charge in [0, 0.05) is 24.3 Å². The van der Waals surface area contributed by atoms with Crippen molar-refractivity contribution < 1.29 is 0 Å². The van der Waals surface area contributed by atoms with Crippen LogP contribution in [0.25, 0.3) is 0 Å². The van der Waals surface area contributed by atoms with Crippen LogP contribution in [-0.4, -0.2) is 9.78 Å². The maximum absolute atomic E-state index is 4.42. The molecular formula is C14H18BrN3. The highest BCUT2D eigenvalue weighted by Crippen LogP contribution is 2.19. The Morgan fingerprint density at radius 3 is 2.83 bits per heavy atom. The van der Waals surface area contributed by atoms with Gasteiger partial charge >= 0.3 is 0 Å². The third-order valence-electron chi connectivity index (χ3n) is 2.96. The highest BCUT2D eigenvalue weighted by Gasteiger charge is 2.05. The van der Waals surface area contributed by atoms with E-state index in [0.717, 1.165) is 28.8 Å². The first-order chi connectivity index (χ1) is 8.60. The Morgan fingerprint density at radius 1 is 1.39 bits per heavy atom. The highest BCUT2D eigenvalue weighted by atomic mass is 79.9. The summed E-state index contributed by atoms with van der Waals surface area (Å²) in [6, 6.07) is 6.43. The van der Waals surface area contributed by atoms with Crippen molar-refractivity contribution in [1.82, 2.24) is 9.78 Å². The summed E-state index contributed by atoms with van der Waals surface area (Å²) in [7, 11) is 1.95. The minimum Gasteiger partial charge on any atom is -0.378 e. The lowest BCUT2D eigenvalue weighted by Gasteiger charge is -2.07. The molecule has 0 fully saturated rings. The third kappa shape index (κ3) is 2.93. The highest BCUT2D eigenvalue weighted by molar-refractivity contribution is 9.10. The topological polar surface area (TPSA) is 29.9 Å². The van der Waals surface area contributed by atoms with Crippen molar-refractivity contribution in [2.24, 2.45) is 7.05 Å². The molecule has 4 heteroatoms. The Balaban J connectivity index is 2.08. The summed E-state index contributed by atoms with van der Waals surface area (Å²) in [4.78, 5) is 0. The zero-order valence-corrected chi connectivity index (χ0v) is 12.6. The van der Waals surface area contributed by atoms with Gasteiger partial charge < -0.3 is 5.32 Å². The smallest absolute Gasteiger partial charge is 0.0853 e. The van der Waals surface area contributed by atoms with Crippen LogP contribution in [0.3, 0.4) is 0 Å². The molecule has 0 unspecified atom stereocenters. The number of aryl methyl sites for hydroxylation is 3. The van der Waals surface area contributed by atoms with Crippen molar-refractivity contribution in [3.8, 4) is 0 Å². The van der Waals surface area contributed by atoms with Gasteiger partial charge in [-0.3, -0.25) is 4.68 Å². The molecular weight excluding hydrogens is 290 g/mol. The van der Waals surface area contributed by atoms with Crippen molar-refractivity contribution in [2.45, 2.75) is 26.8 Å². The van der Waals surface area contributed by atoms with E-state index in [9.17, 15) is 0 Å². The Hall–Kier alpha value is -1.29. The first-order valence-corrected chi connectivity index (χ1v) is 6.91. The van der Waals surface area contributed by atoms with Crippen molar-refractivity contribution >= 4 is 21.6 Å². The quantitative estimate of drug-likeness (QED) is 0.934. The van der Waals surface area contributed by atoms with Gasteiger partial charge in [0.1, 0.15) is 0 Å². The minimum absolute atomic E-state index is 0.817. The van der Waals surface area contributed by atoms with E-state index in [2.05, 4.69) is 58.4 Å². The number of nitrogens with zero attached hydrogens (tertiary/aromatic N) is 2. The molecule has 0 amide bonds. The summed E-state index contributed by atoms with van der Waals surface area (Å²) >= 11 is 3.56. The molecule has 1 heterocycles. The van der Waals surface area contributed by atoms with Gasteiger partial charge in [0.2, 0.25) is 0 Å². The normalized spacial score (nSPS) is 10.7. The van der Waals surface area contributed by atoms with E-state index in [1.165, 1.54) is 11.1 Å². The van der Waals surface area contributed by atoms with Gasteiger partial charge in [0.15, 0.2) is 0 Å². The second-order valence-corrected chi connectivity index (χ2v) is 5.31. The summed E-state index contributed by atoms with van der Waals surface area (Å²) in [5.41, 5.74) is 4.76. The first-order valence-electron chi connectivity index (χ1n) is 6.11. The molecule has 2 rings (SSSR count). The standard InChI is InChI=1S/C14H18BrN3/c1-4-13-14(9-18(3)17-13)16-8-11-6-5-10(2)12(15)7-11/h5-7,9,16H,4,8H2,1-3H3. The Labute approximate surface area is 116 Å². The number of hydrogen-bond donors (Lipinski definition) is 1. The molecule has 0 aliphatic heterocycles. The van der Waals surface area contributed by atoms with Gasteiger partial charge in [-0.15, -0.1) is 0 Å². The molecule has 2 aromatic rings. The number of rotatable bonds is 4. The van der Waals surface area contributed by atoms with Crippen LogP contribution in [0.15, 0.2) is 28.9 Å². The van der Waals surface area contributed by atoms with E-state index >= 15 is 0 Å². The molecule has 1 aromatic heterocycles. The van der Waals surface area contributed by atoms with Crippen LogP contribution in [0.2, 0.25) is 0 Å². The van der Waals surface area contributed by atoms with Crippen LogP contribution in [0.4, 0.5) is 5.69 Å². The van der Waals surface area contributed by atoms with Crippen molar-refractivity contribution in [2.75, 3.05) is 5.32 Å². The largest absolute Gasteiger partial charge is 0.378 e. The average molecular weight is 308 g/mol. The van der Waals surface area contributed by atoms with Crippen LogP contribution in [0.5, 0.6) is 0 Å². The van der Waals surface area contributed by atoms with E-state index in [1.807, 2.05) is 17.9 Å². The lowest BCUT2D eigenvalue weighted by molar-refractivity contribution is 0.746. The second-order valence-electron chi connectivity index (χ2n) is 4.45. The molecule has 0 saturated heterocycles. The molecule has 0 saturated carbocycles. The van der Waals surface area contributed by atoms with Crippen molar-refractivity contribution in [3.63, 3.8) is 0 Å². The first kappa shape index (κ1) is 13.1. The monoisotopic (exact) mass is 307 g/mol. The molecule has 18 heavy (non-hydrogen) atoms. The maximum Gasteiger partial charge on any atom is 0.0853 e. The van der Waals surface area contributed by atoms with Crippen molar-refractivity contribution in [1.29, 1.82) is 0 Å². The molecule has 0 atom stereocenters. The fourth-order valence-corrected chi connectivity index (χ4v) is 2.31. The third-order valence-corrected chi connectivity index (χ3v) is 3.81. The fraction of sp³-hybridized carbons (Fsp3) is 0.357. The predicted molar refractivity (Wildman–Crippen MR) is 78.8 cm³/mol. The van der Waals surface area contributed by atoms with Crippen LogP contribution in [0.1, 0.15) is 23.7 Å². The summed E-state index contributed by atoms with van der Waals surface area (Å²) in [5, 5.41) is 7.86. The number of anilines is 1. The number of benzene rings is 1. The lowest BCUT2D eigenvalue weighted by atomic mass is 10.1. The molecule has 1 N–H and O–H groups in total. The summed E-state index contributed by atoms with van der Waals surface area (Å²) < 4.78 is 3.01.